The fourth-order valence-corrected chi connectivity index (χ4v) is 1.13. The molecule has 0 saturated carbocycles. The van der Waals surface area contributed by atoms with E-state index in [0.29, 0.717) is 10.1 Å². The first-order valence-electron chi connectivity index (χ1n) is 2.97. The Morgan fingerprint density at radius 2 is 1.91 bits per heavy atom. The van der Waals surface area contributed by atoms with E-state index in [1.165, 1.54) is 12.1 Å². The van der Waals surface area contributed by atoms with Gasteiger partial charge in [0.1, 0.15) is 0 Å². The van der Waals surface area contributed by atoms with Crippen molar-refractivity contribution in [3.8, 4) is 0 Å². The Hall–Kier alpha value is 0.326. The number of hydrogen-bond donors (Lipinski definition) is 0. The van der Waals surface area contributed by atoms with Crippen molar-refractivity contribution in [3.05, 3.63) is 35.4 Å². The van der Waals surface area contributed by atoms with E-state index in [1.54, 1.807) is 21.7 Å². The van der Waals surface area contributed by atoms with Gasteiger partial charge in [0.25, 0.3) is 0 Å². The predicted octanol–water partition coefficient (Wildman–Crippen LogP) is -1.36. The van der Waals surface area contributed by atoms with E-state index in [2.05, 4.69) is 0 Å². The average molecular weight is 231 g/mol. The van der Waals surface area contributed by atoms with Crippen LogP contribution in [-0.4, -0.2) is 21.7 Å². The molecule has 0 spiro atoms. The standard InChI is InChI=1S/C7H5F2.BrH.Mg/c1-5-2-3-6(8)4-7(5)9;;/h2-4H,1H2;1H;/q;;+1/p-1. The molecule has 1 aromatic rings. The maximum Gasteiger partial charge on any atom is -1.00 e. The molecule has 0 amide bonds. The zero-order chi connectivity index (χ0) is 7.56. The molecule has 0 nitrogen and oxygen atoms in total. The summed E-state index contributed by atoms with van der Waals surface area (Å²) in [5.74, 6) is -0.965. The summed E-state index contributed by atoms with van der Waals surface area (Å²) in [4.78, 5) is 0. The summed E-state index contributed by atoms with van der Waals surface area (Å²) in [6, 6.07) is 3.65. The van der Waals surface area contributed by atoms with E-state index in [9.17, 15) is 8.78 Å². The minimum absolute atomic E-state index is 0. The Bertz CT molecular complexity index is 240. The maximum absolute atomic E-state index is 12.6. The fraction of sp³-hybridized carbons (Fsp3) is 0.143. The van der Waals surface area contributed by atoms with E-state index in [4.69, 9.17) is 0 Å². The van der Waals surface area contributed by atoms with Gasteiger partial charge in [0.05, 0.1) is 0 Å². The average Bonchev–Trinajstić information content (AvgIpc) is 1.88. The molecule has 1 aromatic carbocycles. The largest absolute Gasteiger partial charge is 1.00 e. The quantitative estimate of drug-likeness (QED) is 0.524. The molecular formula is C7H5BrF2Mg. The van der Waals surface area contributed by atoms with Gasteiger partial charge < -0.3 is 17.0 Å². The van der Waals surface area contributed by atoms with Gasteiger partial charge in [-0.3, -0.25) is 0 Å². The van der Waals surface area contributed by atoms with Crippen molar-refractivity contribution in [2.24, 2.45) is 0 Å². The number of benzene rings is 1. The van der Waals surface area contributed by atoms with Gasteiger partial charge in [-0.15, -0.1) is 0 Å². The first-order valence-corrected chi connectivity index (χ1v) is 3.97. The molecule has 0 atom stereocenters. The van der Waals surface area contributed by atoms with Gasteiger partial charge in [-0.2, -0.15) is 0 Å². The van der Waals surface area contributed by atoms with Gasteiger partial charge in [0.2, 0.25) is 0 Å². The Balaban J connectivity index is 0.000001000. The Morgan fingerprint density at radius 3 is 2.36 bits per heavy atom. The molecule has 0 aliphatic carbocycles. The first-order chi connectivity index (χ1) is 4.74. The van der Waals surface area contributed by atoms with Gasteiger partial charge in [0, 0.05) is 0 Å². The molecule has 4 heteroatoms. The van der Waals surface area contributed by atoms with Crippen molar-refractivity contribution in [1.82, 2.24) is 0 Å². The maximum atomic E-state index is 12.6. The van der Waals surface area contributed by atoms with Crippen LogP contribution in [0.3, 0.4) is 0 Å². The van der Waals surface area contributed by atoms with E-state index >= 15 is 0 Å². The second-order valence-corrected chi connectivity index (χ2v) is 2.49. The van der Waals surface area contributed by atoms with Crippen LogP contribution in [0.2, 0.25) is 0 Å². The van der Waals surface area contributed by atoms with Gasteiger partial charge in [-0.05, 0) is 0 Å². The minimum Gasteiger partial charge on any atom is -1.00 e. The van der Waals surface area contributed by atoms with Crippen molar-refractivity contribution in [2.45, 2.75) is 4.55 Å². The molecule has 56 valence electrons. The van der Waals surface area contributed by atoms with Crippen LogP contribution in [0.15, 0.2) is 18.2 Å². The zero-order valence-electron chi connectivity index (χ0n) is 5.78. The first kappa shape index (κ1) is 11.3. The molecular weight excluding hydrogens is 226 g/mol. The summed E-state index contributed by atoms with van der Waals surface area (Å²) in [5.41, 5.74) is 0.569. The van der Waals surface area contributed by atoms with Crippen molar-refractivity contribution >= 4 is 21.7 Å². The Morgan fingerprint density at radius 1 is 1.27 bits per heavy atom. The normalized spacial score (nSPS) is 9.09. The second kappa shape index (κ2) is 5.06. The fourth-order valence-electron chi connectivity index (χ4n) is 0.724. The monoisotopic (exact) mass is 230 g/mol. The molecule has 0 aliphatic rings. The van der Waals surface area contributed by atoms with Crippen LogP contribution in [0.25, 0.3) is 0 Å². The third-order valence-corrected chi connectivity index (χ3v) is 1.82. The van der Waals surface area contributed by atoms with Crippen LogP contribution >= 0.6 is 0 Å². The van der Waals surface area contributed by atoms with E-state index < -0.39 is 11.6 Å². The van der Waals surface area contributed by atoms with E-state index in [-0.39, 0.29) is 17.0 Å². The van der Waals surface area contributed by atoms with E-state index in [1.807, 2.05) is 0 Å². The van der Waals surface area contributed by atoms with E-state index in [0.717, 1.165) is 6.07 Å². The smallest absolute Gasteiger partial charge is 1.00 e. The SMILES string of the molecule is Fc1ccc([CH2][Mg+])c(F)c1.[Br-]. The van der Waals surface area contributed by atoms with Crippen LogP contribution in [-0.2, 0) is 4.55 Å². The Kier molecular flexibility index (Phi) is 5.21. The predicted molar refractivity (Wildman–Crippen MR) is 35.8 cm³/mol. The van der Waals surface area contributed by atoms with Gasteiger partial charge >= 0.3 is 70.4 Å². The van der Waals surface area contributed by atoms with Gasteiger partial charge in [-0.25, -0.2) is 0 Å². The number of hydrogen-bond acceptors (Lipinski definition) is 0. The van der Waals surface area contributed by atoms with Gasteiger partial charge in [-0.1, -0.05) is 0 Å². The van der Waals surface area contributed by atoms with Crippen molar-refractivity contribution in [3.63, 3.8) is 0 Å². The molecule has 0 N–H and O–H groups in total. The zero-order valence-corrected chi connectivity index (χ0v) is 8.78. The molecule has 0 fully saturated rings. The third-order valence-electron chi connectivity index (χ3n) is 1.28. The summed E-state index contributed by atoms with van der Waals surface area (Å²) in [5, 5.41) is 0. The van der Waals surface area contributed by atoms with Crippen LogP contribution in [0.4, 0.5) is 8.78 Å². The molecule has 0 aromatic heterocycles. The molecule has 0 aliphatic heterocycles. The van der Waals surface area contributed by atoms with Crippen LogP contribution in [0.1, 0.15) is 5.56 Å². The van der Waals surface area contributed by atoms with Crippen LogP contribution in [0.5, 0.6) is 0 Å². The van der Waals surface area contributed by atoms with Crippen molar-refractivity contribution in [1.29, 1.82) is 0 Å². The summed E-state index contributed by atoms with van der Waals surface area (Å²) >= 11 is 1.65. The number of rotatable bonds is 1. The minimum atomic E-state index is -0.516. The molecule has 0 bridgehead atoms. The molecule has 11 heavy (non-hydrogen) atoms. The Labute approximate surface area is 87.2 Å². The third kappa shape index (κ3) is 3.05. The summed E-state index contributed by atoms with van der Waals surface area (Å²) in [6.07, 6.45) is 0. The topological polar surface area (TPSA) is 0 Å². The summed E-state index contributed by atoms with van der Waals surface area (Å²) < 4.78 is 25.5. The molecule has 0 saturated heterocycles. The molecule has 0 radical (unpaired) electrons. The summed E-state index contributed by atoms with van der Waals surface area (Å²) in [7, 11) is 0. The summed E-state index contributed by atoms with van der Waals surface area (Å²) in [6.45, 7) is 0. The molecule has 0 unspecified atom stereocenters. The number of halogens is 3. The van der Waals surface area contributed by atoms with Gasteiger partial charge in [0.15, 0.2) is 0 Å². The molecule has 1 rings (SSSR count). The molecule has 0 heterocycles. The van der Waals surface area contributed by atoms with Crippen molar-refractivity contribution in [2.75, 3.05) is 0 Å². The van der Waals surface area contributed by atoms with Crippen molar-refractivity contribution < 1.29 is 25.8 Å². The van der Waals surface area contributed by atoms with Crippen LogP contribution in [0, 0.1) is 11.6 Å². The second-order valence-electron chi connectivity index (χ2n) is 1.99. The van der Waals surface area contributed by atoms with Crippen LogP contribution < -0.4 is 17.0 Å².